The van der Waals surface area contributed by atoms with Crippen LogP contribution in [0.25, 0.3) is 0 Å². The minimum Gasteiger partial charge on any atom is -0.328 e. The molecule has 1 aliphatic rings. The molecule has 0 bridgehead atoms. The summed E-state index contributed by atoms with van der Waals surface area (Å²) in [6.07, 6.45) is 8.07. The van der Waals surface area contributed by atoms with Crippen molar-refractivity contribution < 1.29 is 0 Å². The normalized spacial score (nSPS) is 22.3. The van der Waals surface area contributed by atoms with Gasteiger partial charge in [-0.2, -0.15) is 0 Å². The molecule has 0 heterocycles. The fourth-order valence-corrected chi connectivity index (χ4v) is 1.31. The van der Waals surface area contributed by atoms with E-state index in [1.165, 1.54) is 38.5 Å². The van der Waals surface area contributed by atoms with Crippen LogP contribution >= 0.6 is 24.0 Å². The third-order valence-corrected chi connectivity index (χ3v) is 1.90. The van der Waals surface area contributed by atoms with Crippen molar-refractivity contribution in [2.24, 2.45) is 5.73 Å². The van der Waals surface area contributed by atoms with E-state index in [0.29, 0.717) is 6.04 Å². The Bertz CT molecular complexity index is 57.9. The van der Waals surface area contributed by atoms with Crippen LogP contribution in [-0.4, -0.2) is 6.04 Å². The van der Waals surface area contributed by atoms with E-state index in [9.17, 15) is 0 Å². The number of nitrogens with two attached hydrogens (primary N) is 1. The second kappa shape index (κ2) is 5.47. The van der Waals surface area contributed by atoms with Crippen LogP contribution in [0.3, 0.4) is 0 Å². The minimum atomic E-state index is 0. The van der Waals surface area contributed by atoms with E-state index in [0.717, 1.165) is 0 Å². The molecule has 0 atom stereocenters. The van der Waals surface area contributed by atoms with Gasteiger partial charge < -0.3 is 5.73 Å². The lowest BCUT2D eigenvalue weighted by atomic mass is 10.1. The molecule has 0 aliphatic heterocycles. The number of rotatable bonds is 0. The second-order valence-electron chi connectivity index (χ2n) is 2.75. The maximum atomic E-state index is 5.73. The molecule has 0 amide bonds. The molecular formula is C7H16IN. The highest BCUT2D eigenvalue weighted by molar-refractivity contribution is 14.0. The van der Waals surface area contributed by atoms with E-state index in [1.807, 2.05) is 0 Å². The maximum absolute atomic E-state index is 5.73. The third kappa shape index (κ3) is 4.14. The molecule has 56 valence electrons. The average molecular weight is 241 g/mol. The molecule has 0 aromatic carbocycles. The van der Waals surface area contributed by atoms with Crippen LogP contribution in [0.4, 0.5) is 0 Å². The Labute approximate surface area is 74.4 Å². The van der Waals surface area contributed by atoms with Crippen LogP contribution in [0.15, 0.2) is 0 Å². The summed E-state index contributed by atoms with van der Waals surface area (Å²) in [6, 6.07) is 0.525. The Hall–Kier alpha value is 0.690. The molecule has 1 fully saturated rings. The largest absolute Gasteiger partial charge is 0.328 e. The zero-order valence-electron chi connectivity index (χ0n) is 5.81. The Kier molecular flexibility index (Phi) is 5.89. The van der Waals surface area contributed by atoms with E-state index in [1.54, 1.807) is 0 Å². The summed E-state index contributed by atoms with van der Waals surface area (Å²) < 4.78 is 0. The van der Waals surface area contributed by atoms with Crippen LogP contribution in [0.1, 0.15) is 38.5 Å². The summed E-state index contributed by atoms with van der Waals surface area (Å²) >= 11 is 0. The lowest BCUT2D eigenvalue weighted by Crippen LogP contribution is -2.17. The van der Waals surface area contributed by atoms with E-state index < -0.39 is 0 Å². The summed E-state index contributed by atoms with van der Waals surface area (Å²) in [5, 5.41) is 0. The fourth-order valence-electron chi connectivity index (χ4n) is 1.31. The Balaban J connectivity index is 0.000000640. The average Bonchev–Trinajstić information content (AvgIpc) is 1.94. The molecular weight excluding hydrogens is 225 g/mol. The topological polar surface area (TPSA) is 26.0 Å². The molecule has 0 aromatic heterocycles. The summed E-state index contributed by atoms with van der Waals surface area (Å²) in [7, 11) is 0. The van der Waals surface area contributed by atoms with Gasteiger partial charge in [0, 0.05) is 6.04 Å². The quantitative estimate of drug-likeness (QED) is 0.511. The smallest absolute Gasteiger partial charge is 0.00388 e. The van der Waals surface area contributed by atoms with E-state index in [2.05, 4.69) is 0 Å². The van der Waals surface area contributed by atoms with Crippen molar-refractivity contribution in [1.29, 1.82) is 0 Å². The highest BCUT2D eigenvalue weighted by Gasteiger charge is 2.05. The van der Waals surface area contributed by atoms with Crippen molar-refractivity contribution in [2.75, 3.05) is 0 Å². The van der Waals surface area contributed by atoms with Gasteiger partial charge in [-0.1, -0.05) is 25.7 Å². The Morgan fingerprint density at radius 1 is 0.889 bits per heavy atom. The van der Waals surface area contributed by atoms with Gasteiger partial charge in [0.2, 0.25) is 0 Å². The molecule has 9 heavy (non-hydrogen) atoms. The standard InChI is InChI=1S/C7H15N.HI/c8-7-5-3-1-2-4-6-7;/h7H,1-6,8H2;1H. The van der Waals surface area contributed by atoms with Crippen molar-refractivity contribution in [3.63, 3.8) is 0 Å². The van der Waals surface area contributed by atoms with Gasteiger partial charge in [0.05, 0.1) is 0 Å². The SMILES string of the molecule is I.NC1CCCCCC1. The minimum absolute atomic E-state index is 0. The second-order valence-corrected chi connectivity index (χ2v) is 2.75. The molecule has 1 nitrogen and oxygen atoms in total. The molecule has 0 saturated heterocycles. The number of hydrogen-bond donors (Lipinski definition) is 1. The van der Waals surface area contributed by atoms with Gasteiger partial charge in [-0.05, 0) is 12.8 Å². The van der Waals surface area contributed by atoms with Crippen LogP contribution in [-0.2, 0) is 0 Å². The molecule has 2 heteroatoms. The fraction of sp³-hybridized carbons (Fsp3) is 1.00. The van der Waals surface area contributed by atoms with Crippen molar-refractivity contribution in [3.05, 3.63) is 0 Å². The number of halogens is 1. The van der Waals surface area contributed by atoms with Crippen molar-refractivity contribution in [1.82, 2.24) is 0 Å². The third-order valence-electron chi connectivity index (χ3n) is 1.90. The Morgan fingerprint density at radius 3 is 1.78 bits per heavy atom. The first-order valence-electron chi connectivity index (χ1n) is 3.65. The molecule has 0 radical (unpaired) electrons. The zero-order chi connectivity index (χ0) is 5.82. The highest BCUT2D eigenvalue weighted by Crippen LogP contribution is 2.14. The van der Waals surface area contributed by atoms with Gasteiger partial charge in [-0.3, -0.25) is 0 Å². The monoisotopic (exact) mass is 241 g/mol. The molecule has 0 spiro atoms. The Morgan fingerprint density at radius 2 is 1.33 bits per heavy atom. The van der Waals surface area contributed by atoms with E-state index in [4.69, 9.17) is 5.73 Å². The van der Waals surface area contributed by atoms with Crippen molar-refractivity contribution in [2.45, 2.75) is 44.6 Å². The summed E-state index contributed by atoms with van der Waals surface area (Å²) in [6.45, 7) is 0. The van der Waals surface area contributed by atoms with E-state index in [-0.39, 0.29) is 24.0 Å². The van der Waals surface area contributed by atoms with Crippen LogP contribution in [0.2, 0.25) is 0 Å². The summed E-state index contributed by atoms with van der Waals surface area (Å²) in [5.74, 6) is 0. The van der Waals surface area contributed by atoms with Gasteiger partial charge in [0.15, 0.2) is 0 Å². The number of hydrogen-bond acceptors (Lipinski definition) is 1. The lowest BCUT2D eigenvalue weighted by Gasteiger charge is -2.03. The zero-order valence-corrected chi connectivity index (χ0v) is 8.14. The predicted octanol–water partition coefficient (Wildman–Crippen LogP) is 2.29. The van der Waals surface area contributed by atoms with Crippen molar-refractivity contribution >= 4 is 24.0 Å². The van der Waals surface area contributed by atoms with Crippen molar-refractivity contribution in [3.8, 4) is 0 Å². The summed E-state index contributed by atoms with van der Waals surface area (Å²) in [5.41, 5.74) is 5.73. The van der Waals surface area contributed by atoms with Crippen LogP contribution in [0.5, 0.6) is 0 Å². The first kappa shape index (κ1) is 9.69. The molecule has 1 rings (SSSR count). The predicted molar refractivity (Wildman–Crippen MR) is 51.1 cm³/mol. The highest BCUT2D eigenvalue weighted by atomic mass is 127. The van der Waals surface area contributed by atoms with Gasteiger partial charge >= 0.3 is 0 Å². The van der Waals surface area contributed by atoms with Gasteiger partial charge in [-0.15, -0.1) is 24.0 Å². The van der Waals surface area contributed by atoms with Crippen LogP contribution < -0.4 is 5.73 Å². The first-order chi connectivity index (χ1) is 3.89. The van der Waals surface area contributed by atoms with Gasteiger partial charge in [0.1, 0.15) is 0 Å². The molecule has 1 aliphatic carbocycles. The van der Waals surface area contributed by atoms with Gasteiger partial charge in [-0.25, -0.2) is 0 Å². The molecule has 2 N–H and O–H groups in total. The summed E-state index contributed by atoms with van der Waals surface area (Å²) in [4.78, 5) is 0. The first-order valence-corrected chi connectivity index (χ1v) is 3.65. The molecule has 0 unspecified atom stereocenters. The van der Waals surface area contributed by atoms with E-state index >= 15 is 0 Å². The molecule has 0 aromatic rings. The maximum Gasteiger partial charge on any atom is 0.00388 e. The van der Waals surface area contributed by atoms with Crippen LogP contribution in [0, 0.1) is 0 Å². The molecule has 1 saturated carbocycles. The lowest BCUT2D eigenvalue weighted by molar-refractivity contribution is 0.583. The van der Waals surface area contributed by atoms with Gasteiger partial charge in [0.25, 0.3) is 0 Å².